The Balaban J connectivity index is 2.59. The van der Waals surface area contributed by atoms with Gasteiger partial charge in [0.1, 0.15) is 4.88 Å². The number of nitrogens with one attached hydrogen (secondary N) is 1. The van der Waals surface area contributed by atoms with Gasteiger partial charge in [-0.15, -0.1) is 11.3 Å². The zero-order chi connectivity index (χ0) is 21.2. The summed E-state index contributed by atoms with van der Waals surface area (Å²) in [5.41, 5.74) is -1.59. The quantitative estimate of drug-likeness (QED) is 0.417. The van der Waals surface area contributed by atoms with Crippen molar-refractivity contribution in [2.45, 2.75) is 11.1 Å². The molecule has 0 bridgehead atoms. The van der Waals surface area contributed by atoms with Crippen LogP contribution in [0.5, 0.6) is 0 Å². The average Bonchev–Trinajstić information content (AvgIpc) is 2.99. The molecule has 28 heavy (non-hydrogen) atoms. The number of nitro groups is 1. The molecule has 1 N–H and O–H groups in total. The van der Waals surface area contributed by atoms with E-state index in [4.69, 9.17) is 0 Å². The highest BCUT2D eigenvalue weighted by molar-refractivity contribution is 7.94. The van der Waals surface area contributed by atoms with Gasteiger partial charge in [-0.2, -0.15) is 4.39 Å². The van der Waals surface area contributed by atoms with Gasteiger partial charge in [-0.05, 0) is 24.6 Å². The Labute approximate surface area is 162 Å². The van der Waals surface area contributed by atoms with Crippen LogP contribution in [0.3, 0.4) is 0 Å². The van der Waals surface area contributed by atoms with Crippen LogP contribution in [0.2, 0.25) is 0 Å². The van der Waals surface area contributed by atoms with E-state index in [1.807, 2.05) is 4.72 Å². The molecule has 2 rings (SSSR count). The van der Waals surface area contributed by atoms with Crippen molar-refractivity contribution in [2.24, 2.45) is 0 Å². The summed E-state index contributed by atoms with van der Waals surface area (Å²) in [6.07, 6.45) is 0. The van der Waals surface area contributed by atoms with E-state index in [-0.39, 0.29) is 21.7 Å². The SMILES string of the molecule is COC(=O)c1sc(S(=O)(=O)Nc2ccc(F)c([N+](=O)[O-])c2)c(C(=O)OC)c1C. The number of ether oxygens (including phenoxy) is 2. The van der Waals surface area contributed by atoms with Gasteiger partial charge in [-0.3, -0.25) is 14.8 Å². The van der Waals surface area contributed by atoms with Gasteiger partial charge in [-0.1, -0.05) is 0 Å². The first-order chi connectivity index (χ1) is 13.0. The normalized spacial score (nSPS) is 11.0. The standard InChI is InChI=1S/C15H13FN2O8S2/c1-7-11(13(19)25-2)15(27-12(7)14(20)26-3)28(23,24)17-8-4-5-9(16)10(6-8)18(21)22/h4-6,17H,1-3H3. The molecule has 0 unspecified atom stereocenters. The number of methoxy groups -OCH3 is 2. The Morgan fingerprint density at radius 3 is 2.36 bits per heavy atom. The van der Waals surface area contributed by atoms with Gasteiger partial charge in [0.2, 0.25) is 5.82 Å². The molecule has 2 aromatic rings. The molecule has 0 spiro atoms. The first-order valence-corrected chi connectivity index (χ1v) is 9.60. The smallest absolute Gasteiger partial charge is 0.348 e. The number of hydrogen-bond acceptors (Lipinski definition) is 9. The van der Waals surface area contributed by atoms with Gasteiger partial charge in [0, 0.05) is 6.07 Å². The van der Waals surface area contributed by atoms with Crippen molar-refractivity contribution in [2.75, 3.05) is 18.9 Å². The number of benzene rings is 1. The summed E-state index contributed by atoms with van der Waals surface area (Å²) in [6.45, 7) is 1.34. The first kappa shape index (κ1) is 21.2. The van der Waals surface area contributed by atoms with E-state index in [1.165, 1.54) is 6.92 Å². The van der Waals surface area contributed by atoms with E-state index >= 15 is 0 Å². The lowest BCUT2D eigenvalue weighted by Gasteiger charge is -2.08. The number of halogens is 1. The van der Waals surface area contributed by atoms with Crippen molar-refractivity contribution >= 4 is 44.7 Å². The molecule has 1 heterocycles. The summed E-state index contributed by atoms with van der Waals surface area (Å²) in [5, 5.41) is 10.8. The molecule has 0 atom stereocenters. The van der Waals surface area contributed by atoms with Gasteiger partial charge in [-0.25, -0.2) is 18.0 Å². The topological polar surface area (TPSA) is 142 Å². The van der Waals surface area contributed by atoms with Crippen molar-refractivity contribution in [1.29, 1.82) is 0 Å². The number of nitrogens with zero attached hydrogens (tertiary/aromatic N) is 1. The van der Waals surface area contributed by atoms with Crippen LogP contribution < -0.4 is 4.72 Å². The van der Waals surface area contributed by atoms with Gasteiger partial charge < -0.3 is 9.47 Å². The molecule has 0 saturated heterocycles. The molecule has 0 amide bonds. The maximum atomic E-state index is 13.4. The van der Waals surface area contributed by atoms with Gasteiger partial charge in [0.25, 0.3) is 10.0 Å². The monoisotopic (exact) mass is 432 g/mol. The number of sulfonamides is 1. The second-order valence-corrected chi connectivity index (χ2v) is 8.13. The summed E-state index contributed by atoms with van der Waals surface area (Å²) < 4.78 is 49.6. The fraction of sp³-hybridized carbons (Fsp3) is 0.200. The predicted octanol–water partition coefficient (Wildman–Crippen LogP) is 2.48. The van der Waals surface area contributed by atoms with Crippen molar-refractivity contribution in [3.05, 3.63) is 50.1 Å². The number of carbonyl (C=O) groups is 2. The third kappa shape index (κ3) is 3.94. The summed E-state index contributed by atoms with van der Waals surface area (Å²) in [5.74, 6) is -3.01. The first-order valence-electron chi connectivity index (χ1n) is 7.30. The molecule has 0 aliphatic carbocycles. The minimum absolute atomic E-state index is 0.0363. The molecule has 0 saturated carbocycles. The molecule has 10 nitrogen and oxygen atoms in total. The molecule has 0 aliphatic heterocycles. The van der Waals surface area contributed by atoms with Crippen molar-refractivity contribution in [3.8, 4) is 0 Å². The molecular weight excluding hydrogens is 419 g/mol. The maximum absolute atomic E-state index is 13.4. The van der Waals surface area contributed by atoms with E-state index in [2.05, 4.69) is 9.47 Å². The van der Waals surface area contributed by atoms with Gasteiger partial charge >= 0.3 is 17.6 Å². The lowest BCUT2D eigenvalue weighted by molar-refractivity contribution is -0.387. The van der Waals surface area contributed by atoms with E-state index in [0.29, 0.717) is 17.4 Å². The van der Waals surface area contributed by atoms with Crippen LogP contribution in [0.25, 0.3) is 0 Å². The van der Waals surface area contributed by atoms with E-state index in [0.717, 1.165) is 26.4 Å². The Hall–Kier alpha value is -3.06. The summed E-state index contributed by atoms with van der Waals surface area (Å²) in [4.78, 5) is 33.6. The number of anilines is 1. The Morgan fingerprint density at radius 2 is 1.82 bits per heavy atom. The zero-order valence-corrected chi connectivity index (χ0v) is 16.3. The second kappa shape index (κ2) is 7.90. The summed E-state index contributed by atoms with van der Waals surface area (Å²) in [7, 11) is -2.36. The number of thiophene rings is 1. The number of hydrogen-bond donors (Lipinski definition) is 1. The molecular formula is C15H13FN2O8S2. The number of esters is 2. The van der Waals surface area contributed by atoms with Gasteiger partial charge in [0.15, 0.2) is 4.21 Å². The third-order valence-corrected chi connectivity index (χ3v) is 6.69. The van der Waals surface area contributed by atoms with Crippen molar-refractivity contribution < 1.29 is 36.8 Å². The minimum atomic E-state index is -4.48. The van der Waals surface area contributed by atoms with Crippen LogP contribution in [-0.4, -0.2) is 39.5 Å². The van der Waals surface area contributed by atoms with Crippen LogP contribution in [0, 0.1) is 22.9 Å². The molecule has 0 aliphatic rings. The fourth-order valence-electron chi connectivity index (χ4n) is 2.22. The Kier molecular flexibility index (Phi) is 5.99. The fourth-order valence-corrected chi connectivity index (χ4v) is 5.01. The average molecular weight is 432 g/mol. The molecule has 1 aromatic carbocycles. The lowest BCUT2D eigenvalue weighted by Crippen LogP contribution is -2.16. The molecule has 1 aromatic heterocycles. The van der Waals surface area contributed by atoms with Gasteiger partial charge in [0.05, 0.1) is 30.4 Å². The molecule has 0 fully saturated rings. The highest BCUT2D eigenvalue weighted by atomic mass is 32.2. The minimum Gasteiger partial charge on any atom is -0.465 e. The highest BCUT2D eigenvalue weighted by Crippen LogP contribution is 2.34. The largest absolute Gasteiger partial charge is 0.465 e. The second-order valence-electron chi connectivity index (χ2n) is 5.23. The summed E-state index contributed by atoms with van der Waals surface area (Å²) in [6, 6.07) is 2.38. The maximum Gasteiger partial charge on any atom is 0.348 e. The lowest BCUT2D eigenvalue weighted by atomic mass is 10.2. The zero-order valence-electron chi connectivity index (χ0n) is 14.6. The van der Waals surface area contributed by atoms with E-state index in [1.54, 1.807) is 0 Å². The summed E-state index contributed by atoms with van der Waals surface area (Å²) >= 11 is 0.469. The molecule has 13 heteroatoms. The number of rotatable bonds is 6. The number of nitro benzene ring substituents is 1. The van der Waals surface area contributed by atoms with E-state index < -0.39 is 42.6 Å². The molecule has 0 radical (unpaired) electrons. The number of carbonyl (C=O) groups excluding carboxylic acids is 2. The van der Waals surface area contributed by atoms with Crippen LogP contribution in [0.15, 0.2) is 22.4 Å². The van der Waals surface area contributed by atoms with Crippen LogP contribution in [0.1, 0.15) is 25.6 Å². The Bertz CT molecular complexity index is 1080. The Morgan fingerprint density at radius 1 is 1.21 bits per heavy atom. The van der Waals surface area contributed by atoms with Crippen molar-refractivity contribution in [3.63, 3.8) is 0 Å². The van der Waals surface area contributed by atoms with E-state index in [9.17, 15) is 32.5 Å². The van der Waals surface area contributed by atoms with Crippen LogP contribution >= 0.6 is 11.3 Å². The van der Waals surface area contributed by atoms with Crippen molar-refractivity contribution in [1.82, 2.24) is 0 Å². The third-order valence-electron chi connectivity index (χ3n) is 3.51. The highest BCUT2D eigenvalue weighted by Gasteiger charge is 2.33. The predicted molar refractivity (Wildman–Crippen MR) is 95.6 cm³/mol. The van der Waals surface area contributed by atoms with Crippen LogP contribution in [-0.2, 0) is 19.5 Å². The molecule has 150 valence electrons. The van der Waals surface area contributed by atoms with Crippen LogP contribution in [0.4, 0.5) is 15.8 Å².